The summed E-state index contributed by atoms with van der Waals surface area (Å²) < 4.78 is 15.6. The van der Waals surface area contributed by atoms with Gasteiger partial charge in [-0.05, 0) is 22.8 Å². The summed E-state index contributed by atoms with van der Waals surface area (Å²) in [6, 6.07) is 13.3. The van der Waals surface area contributed by atoms with Crippen LogP contribution in [0.25, 0.3) is 21.9 Å². The molecular formula is C25H27NO6. The van der Waals surface area contributed by atoms with Crippen LogP contribution < -0.4 is 14.8 Å². The minimum absolute atomic E-state index is 0.0972. The Bertz CT molecular complexity index is 1150. The number of fused-ring (bicyclic) bond motifs is 1. The molecule has 1 atom stereocenters. The van der Waals surface area contributed by atoms with E-state index in [2.05, 4.69) is 5.32 Å². The summed E-state index contributed by atoms with van der Waals surface area (Å²) in [5.41, 5.74) is 1.14. The first-order chi connectivity index (χ1) is 15.3. The van der Waals surface area contributed by atoms with Gasteiger partial charge in [-0.1, -0.05) is 44.2 Å². The van der Waals surface area contributed by atoms with Gasteiger partial charge in [0.2, 0.25) is 0 Å². The van der Waals surface area contributed by atoms with Gasteiger partial charge in [0, 0.05) is 23.3 Å². The predicted octanol–water partition coefficient (Wildman–Crippen LogP) is 4.16. The van der Waals surface area contributed by atoms with Gasteiger partial charge in [-0.15, -0.1) is 0 Å². The van der Waals surface area contributed by atoms with Crippen LogP contribution in [0.5, 0.6) is 17.2 Å². The topological polar surface area (TPSA) is 94.1 Å². The van der Waals surface area contributed by atoms with Crippen LogP contribution >= 0.6 is 0 Å². The van der Waals surface area contributed by atoms with E-state index in [1.54, 1.807) is 12.1 Å². The highest BCUT2D eigenvalue weighted by molar-refractivity contribution is 6.12. The zero-order chi connectivity index (χ0) is 23.4. The van der Waals surface area contributed by atoms with E-state index in [9.17, 15) is 14.7 Å². The van der Waals surface area contributed by atoms with Crippen molar-refractivity contribution < 1.29 is 28.9 Å². The van der Waals surface area contributed by atoms with Crippen molar-refractivity contribution in [1.82, 2.24) is 5.32 Å². The number of carbonyl (C=O) groups is 2. The third-order valence-corrected chi connectivity index (χ3v) is 5.34. The van der Waals surface area contributed by atoms with Crippen molar-refractivity contribution in [2.24, 2.45) is 5.92 Å². The summed E-state index contributed by atoms with van der Waals surface area (Å²) in [5, 5.41) is 15.3. The van der Waals surface area contributed by atoms with Crippen LogP contribution in [0.1, 0.15) is 24.2 Å². The third kappa shape index (κ3) is 4.32. The molecule has 2 N–H and O–H groups in total. The highest BCUT2D eigenvalue weighted by atomic mass is 16.5. The second kappa shape index (κ2) is 9.60. The number of methoxy groups -OCH3 is 3. The van der Waals surface area contributed by atoms with E-state index in [4.69, 9.17) is 14.2 Å². The summed E-state index contributed by atoms with van der Waals surface area (Å²) in [6.07, 6.45) is 0. The molecule has 3 aromatic carbocycles. The lowest BCUT2D eigenvalue weighted by atomic mass is 9.91. The average Bonchev–Trinajstić information content (AvgIpc) is 2.80. The Morgan fingerprint density at radius 1 is 0.938 bits per heavy atom. The fraction of sp³-hybridized carbons (Fsp3) is 0.280. The second-order valence-electron chi connectivity index (χ2n) is 7.65. The first-order valence-electron chi connectivity index (χ1n) is 10.2. The third-order valence-electron chi connectivity index (χ3n) is 5.34. The molecule has 0 radical (unpaired) electrons. The maximum absolute atomic E-state index is 13.4. The predicted molar refractivity (Wildman–Crippen MR) is 122 cm³/mol. The van der Waals surface area contributed by atoms with E-state index in [1.165, 1.54) is 27.4 Å². The minimum Gasteiger partial charge on any atom is -0.507 e. The second-order valence-corrected chi connectivity index (χ2v) is 7.65. The fourth-order valence-corrected chi connectivity index (χ4v) is 3.68. The smallest absolute Gasteiger partial charge is 0.328 e. The zero-order valence-electron chi connectivity index (χ0n) is 18.8. The summed E-state index contributed by atoms with van der Waals surface area (Å²) in [7, 11) is 4.25. The number of hydrogen-bond acceptors (Lipinski definition) is 6. The van der Waals surface area contributed by atoms with E-state index in [-0.39, 0.29) is 17.2 Å². The average molecular weight is 437 g/mol. The molecule has 32 heavy (non-hydrogen) atoms. The largest absolute Gasteiger partial charge is 0.507 e. The van der Waals surface area contributed by atoms with Crippen LogP contribution in [0.2, 0.25) is 0 Å². The minimum atomic E-state index is -0.821. The lowest BCUT2D eigenvalue weighted by Gasteiger charge is -2.22. The normalized spacial score (nSPS) is 11.8. The lowest BCUT2D eigenvalue weighted by Crippen LogP contribution is -2.45. The van der Waals surface area contributed by atoms with Crippen LogP contribution in [0, 0.1) is 5.92 Å². The Balaban J connectivity index is 2.26. The molecule has 0 aromatic heterocycles. The number of nitrogens with one attached hydrogen (secondary N) is 1. The van der Waals surface area contributed by atoms with Crippen LogP contribution in [-0.2, 0) is 9.53 Å². The maximum atomic E-state index is 13.4. The van der Waals surface area contributed by atoms with Crippen molar-refractivity contribution >= 4 is 22.6 Å². The molecule has 3 aromatic rings. The Labute approximate surface area is 186 Å². The first-order valence-corrected chi connectivity index (χ1v) is 10.2. The molecule has 0 aliphatic rings. The molecule has 7 heteroatoms. The first kappa shape index (κ1) is 22.9. The van der Waals surface area contributed by atoms with Crippen LogP contribution in [-0.4, -0.2) is 44.4 Å². The summed E-state index contributed by atoms with van der Waals surface area (Å²) in [4.78, 5) is 25.6. The van der Waals surface area contributed by atoms with Gasteiger partial charge in [0.1, 0.15) is 23.3 Å². The molecule has 0 saturated heterocycles. The van der Waals surface area contributed by atoms with Crippen molar-refractivity contribution in [3.63, 3.8) is 0 Å². The van der Waals surface area contributed by atoms with Gasteiger partial charge in [0.25, 0.3) is 5.91 Å². The van der Waals surface area contributed by atoms with Crippen LogP contribution in [0.15, 0.2) is 48.5 Å². The van der Waals surface area contributed by atoms with Gasteiger partial charge in [0.05, 0.1) is 26.9 Å². The van der Waals surface area contributed by atoms with Gasteiger partial charge in [-0.2, -0.15) is 0 Å². The monoisotopic (exact) mass is 437 g/mol. The molecule has 0 spiro atoms. The summed E-state index contributed by atoms with van der Waals surface area (Å²) >= 11 is 0. The molecular weight excluding hydrogens is 410 g/mol. The van der Waals surface area contributed by atoms with E-state index < -0.39 is 17.9 Å². The van der Waals surface area contributed by atoms with Gasteiger partial charge >= 0.3 is 5.97 Å². The molecule has 0 fully saturated rings. The van der Waals surface area contributed by atoms with Gasteiger partial charge in [0.15, 0.2) is 0 Å². The van der Waals surface area contributed by atoms with E-state index in [1.807, 2.05) is 44.2 Å². The highest BCUT2D eigenvalue weighted by Gasteiger charge is 2.28. The van der Waals surface area contributed by atoms with E-state index in [0.717, 1.165) is 10.8 Å². The number of esters is 1. The number of rotatable bonds is 7. The number of phenolic OH excluding ortho intramolecular Hbond substituents is 1. The Kier molecular flexibility index (Phi) is 6.88. The molecule has 0 aliphatic heterocycles. The number of benzene rings is 3. The molecule has 3 rings (SSSR count). The van der Waals surface area contributed by atoms with Crippen molar-refractivity contribution in [3.8, 4) is 28.4 Å². The van der Waals surface area contributed by atoms with Crippen molar-refractivity contribution in [1.29, 1.82) is 0 Å². The molecule has 0 heterocycles. The SMILES string of the molecule is COC(=O)[C@@H](NC(=O)c1ccc2ccccc2c1-c1c(O)cc(OC)cc1OC)C(C)C. The number of ether oxygens (including phenoxy) is 3. The molecule has 1 amide bonds. The van der Waals surface area contributed by atoms with Crippen LogP contribution in [0.3, 0.4) is 0 Å². The molecule has 0 bridgehead atoms. The molecule has 7 nitrogen and oxygen atoms in total. The molecule has 0 aliphatic carbocycles. The van der Waals surface area contributed by atoms with E-state index >= 15 is 0 Å². The summed E-state index contributed by atoms with van der Waals surface area (Å²) in [6.45, 7) is 3.64. The quantitative estimate of drug-likeness (QED) is 0.539. The number of aromatic hydroxyl groups is 1. The van der Waals surface area contributed by atoms with Crippen molar-refractivity contribution in [3.05, 3.63) is 54.1 Å². The Morgan fingerprint density at radius 2 is 1.66 bits per heavy atom. The number of phenols is 1. The lowest BCUT2D eigenvalue weighted by molar-refractivity contribution is -0.144. The maximum Gasteiger partial charge on any atom is 0.328 e. The highest BCUT2D eigenvalue weighted by Crippen LogP contribution is 2.45. The number of hydrogen-bond donors (Lipinski definition) is 2. The number of amides is 1. The fourth-order valence-electron chi connectivity index (χ4n) is 3.68. The number of carbonyl (C=O) groups excluding carboxylic acids is 2. The zero-order valence-corrected chi connectivity index (χ0v) is 18.8. The van der Waals surface area contributed by atoms with Crippen molar-refractivity contribution in [2.75, 3.05) is 21.3 Å². The standard InChI is InChI=1S/C25H27NO6/c1-14(2)23(25(29)32-5)26-24(28)18-11-10-15-8-6-7-9-17(15)21(18)22-19(27)12-16(30-3)13-20(22)31-4/h6-14,23,27H,1-5H3,(H,26,28)/t23-/m0/s1. The molecule has 0 unspecified atom stereocenters. The Hall–Kier alpha value is -3.74. The Morgan fingerprint density at radius 3 is 2.28 bits per heavy atom. The molecule has 168 valence electrons. The van der Waals surface area contributed by atoms with Crippen molar-refractivity contribution in [2.45, 2.75) is 19.9 Å². The van der Waals surface area contributed by atoms with Gasteiger partial charge in [-0.3, -0.25) is 4.79 Å². The van der Waals surface area contributed by atoms with Gasteiger partial charge in [-0.25, -0.2) is 4.79 Å². The summed E-state index contributed by atoms with van der Waals surface area (Å²) in [5.74, 6) is -0.507. The van der Waals surface area contributed by atoms with E-state index in [0.29, 0.717) is 22.6 Å². The van der Waals surface area contributed by atoms with Crippen LogP contribution in [0.4, 0.5) is 0 Å². The molecule has 0 saturated carbocycles. The van der Waals surface area contributed by atoms with Gasteiger partial charge < -0.3 is 24.6 Å².